The van der Waals surface area contributed by atoms with Gasteiger partial charge in [-0.3, -0.25) is 14.8 Å². The Morgan fingerprint density at radius 2 is 2.00 bits per heavy atom. The highest BCUT2D eigenvalue weighted by Crippen LogP contribution is 2.37. The van der Waals surface area contributed by atoms with Crippen LogP contribution >= 0.6 is 0 Å². The number of fused-ring (bicyclic) bond motifs is 2. The Balaban J connectivity index is 1.53. The first kappa shape index (κ1) is 17.9. The molecule has 30 heavy (non-hydrogen) atoms. The number of amides is 1. The molecular weight excluding hydrogens is 380 g/mol. The standard InChI is InChI=1S/C23H16N4O3/c24-12-15-4-3-9-25-19(15)11-20-16-5-1-2-6-17(16)22(28)27(20)13-14-7-8-18-21(10-14)30-23(29)26-18/h1-10,20H,11,13H2,(H,26,29)/t20-/m0/s1. The first-order valence-corrected chi connectivity index (χ1v) is 9.49. The normalized spacial score (nSPS) is 15.4. The summed E-state index contributed by atoms with van der Waals surface area (Å²) >= 11 is 0. The molecule has 1 atom stereocenters. The molecule has 1 N–H and O–H groups in total. The number of H-pyrrole nitrogens is 1. The number of nitriles is 1. The van der Waals surface area contributed by atoms with Gasteiger partial charge in [0, 0.05) is 24.7 Å². The fourth-order valence-corrected chi connectivity index (χ4v) is 4.02. The average molecular weight is 396 g/mol. The van der Waals surface area contributed by atoms with Gasteiger partial charge in [0.05, 0.1) is 22.8 Å². The summed E-state index contributed by atoms with van der Waals surface area (Å²) in [6.07, 6.45) is 2.10. The second kappa shape index (κ2) is 7.01. The summed E-state index contributed by atoms with van der Waals surface area (Å²) in [6.45, 7) is 0.345. The molecule has 2 aromatic heterocycles. The molecule has 0 saturated carbocycles. The average Bonchev–Trinajstić information content (AvgIpc) is 3.26. The molecule has 4 aromatic rings. The van der Waals surface area contributed by atoms with E-state index in [0.29, 0.717) is 40.9 Å². The molecule has 0 bridgehead atoms. The van der Waals surface area contributed by atoms with E-state index in [2.05, 4.69) is 16.0 Å². The summed E-state index contributed by atoms with van der Waals surface area (Å²) in [6, 6.07) is 18.3. The second-order valence-corrected chi connectivity index (χ2v) is 7.19. The smallest absolute Gasteiger partial charge is 0.408 e. The molecule has 1 aliphatic heterocycles. The van der Waals surface area contributed by atoms with Crippen LogP contribution in [0.2, 0.25) is 0 Å². The summed E-state index contributed by atoms with van der Waals surface area (Å²) in [4.78, 5) is 33.4. The number of pyridine rings is 1. The van der Waals surface area contributed by atoms with Crippen LogP contribution in [0, 0.1) is 11.3 Å². The number of carbonyl (C=O) groups is 1. The highest BCUT2D eigenvalue weighted by atomic mass is 16.4. The molecule has 0 spiro atoms. The van der Waals surface area contributed by atoms with Gasteiger partial charge in [0.1, 0.15) is 6.07 Å². The van der Waals surface area contributed by atoms with E-state index >= 15 is 0 Å². The lowest BCUT2D eigenvalue weighted by molar-refractivity contribution is 0.0708. The molecule has 1 aliphatic rings. The minimum Gasteiger partial charge on any atom is -0.408 e. The Bertz CT molecular complexity index is 1380. The lowest BCUT2D eigenvalue weighted by Crippen LogP contribution is -2.29. The Morgan fingerprint density at radius 1 is 1.13 bits per heavy atom. The van der Waals surface area contributed by atoms with E-state index in [1.165, 1.54) is 0 Å². The van der Waals surface area contributed by atoms with Crippen LogP contribution in [-0.4, -0.2) is 20.8 Å². The third-order valence-electron chi connectivity index (χ3n) is 5.42. The van der Waals surface area contributed by atoms with E-state index in [0.717, 1.165) is 11.1 Å². The Labute approximate surface area is 171 Å². The zero-order chi connectivity index (χ0) is 20.7. The van der Waals surface area contributed by atoms with Gasteiger partial charge in [-0.2, -0.15) is 5.26 Å². The first-order valence-electron chi connectivity index (χ1n) is 9.49. The van der Waals surface area contributed by atoms with Crippen LogP contribution in [0.4, 0.5) is 0 Å². The minimum absolute atomic E-state index is 0.0688. The number of rotatable bonds is 4. The van der Waals surface area contributed by atoms with Crippen molar-refractivity contribution in [3.8, 4) is 6.07 Å². The molecule has 1 amide bonds. The van der Waals surface area contributed by atoms with Gasteiger partial charge < -0.3 is 9.32 Å². The summed E-state index contributed by atoms with van der Waals surface area (Å²) in [5, 5.41) is 9.43. The topological polar surface area (TPSA) is 103 Å². The van der Waals surface area contributed by atoms with Crippen molar-refractivity contribution in [1.82, 2.24) is 14.9 Å². The van der Waals surface area contributed by atoms with Crippen LogP contribution in [0.25, 0.3) is 11.1 Å². The fraction of sp³-hybridized carbons (Fsp3) is 0.130. The molecule has 0 radical (unpaired) electrons. The van der Waals surface area contributed by atoms with Crippen molar-refractivity contribution in [1.29, 1.82) is 5.26 Å². The van der Waals surface area contributed by atoms with E-state index in [1.54, 1.807) is 35.4 Å². The maximum atomic E-state index is 13.2. The van der Waals surface area contributed by atoms with Crippen LogP contribution in [-0.2, 0) is 13.0 Å². The molecule has 0 saturated heterocycles. The van der Waals surface area contributed by atoms with Crippen molar-refractivity contribution in [2.45, 2.75) is 19.0 Å². The van der Waals surface area contributed by atoms with Crippen LogP contribution in [0.5, 0.6) is 0 Å². The largest absolute Gasteiger partial charge is 0.417 e. The van der Waals surface area contributed by atoms with Gasteiger partial charge in [0.15, 0.2) is 5.58 Å². The fourth-order valence-electron chi connectivity index (χ4n) is 4.02. The summed E-state index contributed by atoms with van der Waals surface area (Å²) in [5.41, 5.74) is 4.66. The maximum absolute atomic E-state index is 13.2. The van der Waals surface area contributed by atoms with E-state index < -0.39 is 5.76 Å². The number of hydrogen-bond donors (Lipinski definition) is 1. The van der Waals surface area contributed by atoms with Crippen LogP contribution in [0.1, 0.15) is 38.8 Å². The number of carbonyl (C=O) groups excluding carboxylic acids is 1. The van der Waals surface area contributed by atoms with Crippen molar-refractivity contribution < 1.29 is 9.21 Å². The molecule has 3 heterocycles. The van der Waals surface area contributed by atoms with Crippen molar-refractivity contribution >= 4 is 17.0 Å². The van der Waals surface area contributed by atoms with Gasteiger partial charge in [-0.1, -0.05) is 24.3 Å². The van der Waals surface area contributed by atoms with E-state index in [-0.39, 0.29) is 11.9 Å². The van der Waals surface area contributed by atoms with Crippen LogP contribution < -0.4 is 5.76 Å². The van der Waals surface area contributed by atoms with Gasteiger partial charge in [-0.05, 0) is 41.5 Å². The zero-order valence-electron chi connectivity index (χ0n) is 15.8. The summed E-state index contributed by atoms with van der Waals surface area (Å²) in [5.74, 6) is -0.579. The molecule has 146 valence electrons. The molecule has 2 aromatic carbocycles. The first-order chi connectivity index (χ1) is 14.6. The summed E-state index contributed by atoms with van der Waals surface area (Å²) < 4.78 is 5.15. The van der Waals surface area contributed by atoms with Gasteiger partial charge in [0.2, 0.25) is 0 Å². The second-order valence-electron chi connectivity index (χ2n) is 7.19. The monoisotopic (exact) mass is 396 g/mol. The molecular formula is C23H16N4O3. The number of aromatic amines is 1. The zero-order valence-corrected chi connectivity index (χ0v) is 15.8. The van der Waals surface area contributed by atoms with Gasteiger partial charge >= 0.3 is 5.76 Å². The minimum atomic E-state index is -0.510. The Kier molecular flexibility index (Phi) is 4.18. The third-order valence-corrected chi connectivity index (χ3v) is 5.42. The molecule has 0 fully saturated rings. The molecule has 0 unspecified atom stereocenters. The summed E-state index contributed by atoms with van der Waals surface area (Å²) in [7, 11) is 0. The van der Waals surface area contributed by atoms with Crippen LogP contribution in [0.15, 0.2) is 70.0 Å². The molecule has 5 rings (SSSR count). The number of benzene rings is 2. The molecule has 7 nitrogen and oxygen atoms in total. The Hall–Kier alpha value is -4.18. The van der Waals surface area contributed by atoms with E-state index in [9.17, 15) is 14.9 Å². The number of aromatic nitrogens is 2. The molecule has 7 heteroatoms. The lowest BCUT2D eigenvalue weighted by atomic mass is 9.98. The van der Waals surface area contributed by atoms with Crippen molar-refractivity contribution in [3.63, 3.8) is 0 Å². The van der Waals surface area contributed by atoms with E-state index in [4.69, 9.17) is 4.42 Å². The van der Waals surface area contributed by atoms with E-state index in [1.807, 2.05) is 30.3 Å². The highest BCUT2D eigenvalue weighted by Gasteiger charge is 2.37. The number of hydrogen-bond acceptors (Lipinski definition) is 5. The van der Waals surface area contributed by atoms with Crippen molar-refractivity contribution in [2.24, 2.45) is 0 Å². The van der Waals surface area contributed by atoms with Crippen LogP contribution in [0.3, 0.4) is 0 Å². The SMILES string of the molecule is N#Cc1cccnc1C[C@H]1c2ccccc2C(=O)N1Cc1ccc2[nH]c(=O)oc2c1. The van der Waals surface area contributed by atoms with Crippen molar-refractivity contribution in [3.05, 3.63) is 99.3 Å². The quantitative estimate of drug-likeness (QED) is 0.570. The lowest BCUT2D eigenvalue weighted by Gasteiger charge is -2.25. The third kappa shape index (κ3) is 2.95. The Morgan fingerprint density at radius 3 is 2.87 bits per heavy atom. The van der Waals surface area contributed by atoms with Gasteiger partial charge in [0.25, 0.3) is 5.91 Å². The molecule has 0 aliphatic carbocycles. The van der Waals surface area contributed by atoms with Crippen molar-refractivity contribution in [2.75, 3.05) is 0 Å². The maximum Gasteiger partial charge on any atom is 0.417 e. The van der Waals surface area contributed by atoms with Gasteiger partial charge in [-0.25, -0.2) is 4.79 Å². The van der Waals surface area contributed by atoms with Gasteiger partial charge in [-0.15, -0.1) is 0 Å². The number of oxazole rings is 1. The highest BCUT2D eigenvalue weighted by molar-refractivity contribution is 5.99. The predicted molar refractivity (Wildman–Crippen MR) is 109 cm³/mol. The predicted octanol–water partition coefficient (Wildman–Crippen LogP) is 3.33. The number of nitrogens with zero attached hydrogens (tertiary/aromatic N) is 3. The number of nitrogens with one attached hydrogen (secondary N) is 1.